The summed E-state index contributed by atoms with van der Waals surface area (Å²) in [4.78, 5) is 39.9. The number of amides is 3. The minimum absolute atomic E-state index is 0.248. The number of piperidine rings is 2. The van der Waals surface area contributed by atoms with Crippen molar-refractivity contribution in [2.24, 2.45) is 5.92 Å². The molecule has 3 N–H and O–H groups in total. The van der Waals surface area contributed by atoms with Crippen molar-refractivity contribution in [3.05, 3.63) is 24.0 Å². The smallest absolute Gasteiger partial charge is 0.422 e. The minimum atomic E-state index is -0.606. The Kier molecular flexibility index (Phi) is 9.09. The van der Waals surface area contributed by atoms with E-state index < -0.39 is 29.5 Å². The van der Waals surface area contributed by atoms with Gasteiger partial charge < -0.3 is 15.0 Å². The molecule has 3 heterocycles. The quantitative estimate of drug-likeness (QED) is 0.461. The Morgan fingerprint density at radius 2 is 1.79 bits per heavy atom. The standard InChI is InChI=1S/C27H41FN6O4/c1-27(2,3)38-26(37)31-34-12-9-19(10-13-34)8-11-32-14-16-33(17-15-32)20-4-5-22(21(28)18-20)29-23-6-7-24(35)30-25(23)36/h4-5,18-19,23,29H,6-17H2,1-3H3,(H,31,37)(H,30,35,36)/t23-/m1/s1. The number of ether oxygens (including phenoxy) is 1. The molecule has 0 aliphatic carbocycles. The number of carbonyl (C=O) groups excluding carboxylic acids is 3. The van der Waals surface area contributed by atoms with Gasteiger partial charge in [-0.3, -0.25) is 25.2 Å². The summed E-state index contributed by atoms with van der Waals surface area (Å²) in [7, 11) is 0. The summed E-state index contributed by atoms with van der Waals surface area (Å²) < 4.78 is 20.1. The van der Waals surface area contributed by atoms with Gasteiger partial charge in [0.2, 0.25) is 11.8 Å². The van der Waals surface area contributed by atoms with Crippen molar-refractivity contribution >= 4 is 29.3 Å². The lowest BCUT2D eigenvalue weighted by Crippen LogP contribution is -2.49. The normalized spacial score (nSPS) is 22.2. The van der Waals surface area contributed by atoms with Crippen molar-refractivity contribution in [2.75, 3.05) is 56.0 Å². The number of nitrogens with one attached hydrogen (secondary N) is 3. The third kappa shape index (κ3) is 8.04. The number of carbonyl (C=O) groups is 3. The zero-order valence-corrected chi connectivity index (χ0v) is 22.7. The molecule has 11 heteroatoms. The average Bonchev–Trinajstić information content (AvgIpc) is 2.85. The van der Waals surface area contributed by atoms with E-state index >= 15 is 0 Å². The van der Waals surface area contributed by atoms with Crippen LogP contribution in [0.5, 0.6) is 0 Å². The molecule has 3 amide bonds. The Labute approximate surface area is 224 Å². The molecule has 1 atom stereocenters. The summed E-state index contributed by atoms with van der Waals surface area (Å²) in [5.74, 6) is -0.463. The second-order valence-electron chi connectivity index (χ2n) is 11.5. The van der Waals surface area contributed by atoms with Gasteiger partial charge in [-0.2, -0.15) is 0 Å². The lowest BCUT2D eigenvalue weighted by molar-refractivity contribution is -0.133. The van der Waals surface area contributed by atoms with E-state index in [1.165, 1.54) is 6.07 Å². The largest absolute Gasteiger partial charge is 0.443 e. The van der Waals surface area contributed by atoms with Gasteiger partial charge in [-0.05, 0) is 77.1 Å². The number of hydrogen-bond acceptors (Lipinski definition) is 8. The number of benzene rings is 1. The van der Waals surface area contributed by atoms with Crippen LogP contribution in [0.25, 0.3) is 0 Å². The van der Waals surface area contributed by atoms with E-state index in [4.69, 9.17) is 4.74 Å². The SMILES string of the molecule is CC(C)(C)OC(=O)NN1CCC(CCN2CCN(c3ccc(N[C@@H]4CCC(=O)NC4=O)c(F)c3)CC2)CC1. The molecule has 210 valence electrons. The topological polar surface area (TPSA) is 106 Å². The van der Waals surface area contributed by atoms with Gasteiger partial charge in [0.25, 0.3) is 0 Å². The monoisotopic (exact) mass is 532 g/mol. The van der Waals surface area contributed by atoms with Crippen molar-refractivity contribution in [1.29, 1.82) is 0 Å². The molecule has 1 aromatic carbocycles. The molecule has 0 spiro atoms. The van der Waals surface area contributed by atoms with Gasteiger partial charge in [0.05, 0.1) is 5.69 Å². The third-order valence-corrected chi connectivity index (χ3v) is 7.38. The highest BCUT2D eigenvalue weighted by atomic mass is 19.1. The van der Waals surface area contributed by atoms with Crippen molar-refractivity contribution in [1.82, 2.24) is 20.7 Å². The summed E-state index contributed by atoms with van der Waals surface area (Å²) in [5.41, 5.74) is 3.45. The molecule has 3 aliphatic rings. The first-order valence-corrected chi connectivity index (χ1v) is 13.7. The number of hydrogen-bond donors (Lipinski definition) is 3. The molecule has 0 radical (unpaired) electrons. The summed E-state index contributed by atoms with van der Waals surface area (Å²) in [6.45, 7) is 11.8. The van der Waals surface area contributed by atoms with Crippen LogP contribution in [-0.2, 0) is 14.3 Å². The van der Waals surface area contributed by atoms with E-state index in [0.29, 0.717) is 12.3 Å². The number of nitrogens with zero attached hydrogens (tertiary/aromatic N) is 3. The zero-order valence-electron chi connectivity index (χ0n) is 22.7. The van der Waals surface area contributed by atoms with Crippen molar-refractivity contribution in [2.45, 2.75) is 64.5 Å². The summed E-state index contributed by atoms with van der Waals surface area (Å²) in [6.07, 6.45) is 3.44. The molecule has 0 aromatic heterocycles. The fourth-order valence-corrected chi connectivity index (χ4v) is 5.20. The Hall–Kier alpha value is -2.92. The molecule has 0 unspecified atom stereocenters. The van der Waals surface area contributed by atoms with E-state index in [9.17, 15) is 18.8 Å². The molecular weight excluding hydrogens is 491 g/mol. The van der Waals surface area contributed by atoms with Crippen LogP contribution in [-0.4, -0.2) is 85.3 Å². The van der Waals surface area contributed by atoms with E-state index in [2.05, 4.69) is 25.9 Å². The van der Waals surface area contributed by atoms with E-state index in [1.807, 2.05) is 31.8 Å². The molecule has 0 saturated carbocycles. The molecule has 0 bridgehead atoms. The van der Waals surface area contributed by atoms with Crippen LogP contribution < -0.4 is 21.0 Å². The average molecular weight is 533 g/mol. The molecule has 1 aromatic rings. The summed E-state index contributed by atoms with van der Waals surface area (Å²) >= 11 is 0. The predicted molar refractivity (Wildman–Crippen MR) is 143 cm³/mol. The van der Waals surface area contributed by atoms with Crippen LogP contribution in [0.4, 0.5) is 20.6 Å². The lowest BCUT2D eigenvalue weighted by Gasteiger charge is -2.37. The predicted octanol–water partition coefficient (Wildman–Crippen LogP) is 2.71. The molecule has 38 heavy (non-hydrogen) atoms. The van der Waals surface area contributed by atoms with E-state index in [1.54, 1.807) is 6.07 Å². The Morgan fingerprint density at radius 1 is 1.08 bits per heavy atom. The highest BCUT2D eigenvalue weighted by Crippen LogP contribution is 2.25. The first-order chi connectivity index (χ1) is 18.1. The molecule has 3 saturated heterocycles. The fourth-order valence-electron chi connectivity index (χ4n) is 5.20. The zero-order chi connectivity index (χ0) is 27.3. The maximum atomic E-state index is 14.8. The molecule has 10 nitrogen and oxygen atoms in total. The van der Waals surface area contributed by atoms with Crippen molar-refractivity contribution in [3.8, 4) is 0 Å². The number of piperazine rings is 1. The van der Waals surface area contributed by atoms with Gasteiger partial charge in [0.15, 0.2) is 0 Å². The van der Waals surface area contributed by atoms with Crippen molar-refractivity contribution < 1.29 is 23.5 Å². The summed E-state index contributed by atoms with van der Waals surface area (Å²) in [6, 6.07) is 4.46. The van der Waals surface area contributed by atoms with Crippen LogP contribution >= 0.6 is 0 Å². The Bertz CT molecular complexity index is 1000. The molecule has 4 rings (SSSR count). The van der Waals surface area contributed by atoms with Gasteiger partial charge in [0, 0.05) is 51.4 Å². The lowest BCUT2D eigenvalue weighted by atomic mass is 9.94. The number of hydrazine groups is 1. The first-order valence-electron chi connectivity index (χ1n) is 13.7. The third-order valence-electron chi connectivity index (χ3n) is 7.38. The van der Waals surface area contributed by atoms with Gasteiger partial charge in [-0.25, -0.2) is 14.2 Å². The molecule has 3 fully saturated rings. The second-order valence-corrected chi connectivity index (χ2v) is 11.5. The van der Waals surface area contributed by atoms with Crippen LogP contribution in [0.1, 0.15) is 52.9 Å². The van der Waals surface area contributed by atoms with E-state index in [0.717, 1.165) is 70.8 Å². The summed E-state index contributed by atoms with van der Waals surface area (Å²) in [5, 5.41) is 7.17. The maximum absolute atomic E-state index is 14.8. The van der Waals surface area contributed by atoms with Crippen LogP contribution in [0.15, 0.2) is 18.2 Å². The molecular formula is C27H41FN6O4. The highest BCUT2D eigenvalue weighted by molar-refractivity contribution is 6.01. The molecule has 3 aliphatic heterocycles. The van der Waals surface area contributed by atoms with Gasteiger partial charge >= 0.3 is 6.09 Å². The first kappa shape index (κ1) is 28.1. The number of imide groups is 1. The fraction of sp³-hybridized carbons (Fsp3) is 0.667. The second kappa shape index (κ2) is 12.3. The van der Waals surface area contributed by atoms with Gasteiger partial charge in [-0.15, -0.1) is 0 Å². The highest BCUT2D eigenvalue weighted by Gasteiger charge is 2.28. The Morgan fingerprint density at radius 3 is 2.42 bits per heavy atom. The van der Waals surface area contributed by atoms with Crippen LogP contribution in [0, 0.1) is 11.7 Å². The van der Waals surface area contributed by atoms with Crippen LogP contribution in [0.3, 0.4) is 0 Å². The van der Waals surface area contributed by atoms with Gasteiger partial charge in [0.1, 0.15) is 17.5 Å². The maximum Gasteiger partial charge on any atom is 0.422 e. The van der Waals surface area contributed by atoms with E-state index in [-0.39, 0.29) is 18.0 Å². The Balaban J connectivity index is 1.15. The van der Waals surface area contributed by atoms with Crippen LogP contribution in [0.2, 0.25) is 0 Å². The van der Waals surface area contributed by atoms with Gasteiger partial charge in [-0.1, -0.05) is 0 Å². The number of halogens is 1. The minimum Gasteiger partial charge on any atom is -0.443 e. The number of anilines is 2. The number of rotatable bonds is 7. The van der Waals surface area contributed by atoms with Crippen molar-refractivity contribution in [3.63, 3.8) is 0 Å².